The van der Waals surface area contributed by atoms with Crippen molar-refractivity contribution in [1.29, 1.82) is 0 Å². The number of nitrogens with one attached hydrogen (secondary N) is 1. The molecular formula is C18H17FN2OS. The Morgan fingerprint density at radius 3 is 2.83 bits per heavy atom. The molecule has 0 aliphatic heterocycles. The van der Waals surface area contributed by atoms with Gasteiger partial charge in [0.25, 0.3) is 0 Å². The standard InChI is InChI=1S/C18H17FN2OS/c19-14-5-3-4-13(12-14)10-11-20-17(22)8-9-18-21-15-6-1-2-7-16(15)23-18/h1-7,12H,8-11H2,(H,20,22). The van der Waals surface area contributed by atoms with Gasteiger partial charge in [-0.3, -0.25) is 4.79 Å². The summed E-state index contributed by atoms with van der Waals surface area (Å²) in [5.74, 6) is -0.245. The minimum atomic E-state index is -0.246. The first-order chi connectivity index (χ1) is 11.2. The average molecular weight is 328 g/mol. The maximum Gasteiger partial charge on any atom is 0.220 e. The second-order valence-corrected chi connectivity index (χ2v) is 6.42. The molecule has 3 rings (SSSR count). The number of benzene rings is 2. The minimum Gasteiger partial charge on any atom is -0.356 e. The van der Waals surface area contributed by atoms with E-state index in [0.717, 1.165) is 20.8 Å². The van der Waals surface area contributed by atoms with E-state index in [1.165, 1.54) is 12.1 Å². The van der Waals surface area contributed by atoms with Gasteiger partial charge in [-0.05, 0) is 36.2 Å². The second kappa shape index (κ2) is 7.33. The Bertz CT molecular complexity index is 782. The number of hydrogen-bond acceptors (Lipinski definition) is 3. The van der Waals surface area contributed by atoms with Crippen LogP contribution in [0.2, 0.25) is 0 Å². The van der Waals surface area contributed by atoms with Crippen LogP contribution in [0.1, 0.15) is 17.0 Å². The van der Waals surface area contributed by atoms with E-state index < -0.39 is 0 Å². The van der Waals surface area contributed by atoms with Gasteiger partial charge in [0.2, 0.25) is 5.91 Å². The number of amides is 1. The first-order valence-corrected chi connectivity index (χ1v) is 8.38. The van der Waals surface area contributed by atoms with Crippen LogP contribution < -0.4 is 5.32 Å². The largest absolute Gasteiger partial charge is 0.356 e. The van der Waals surface area contributed by atoms with Crippen LogP contribution in [-0.4, -0.2) is 17.4 Å². The number of carbonyl (C=O) groups excluding carboxylic acids is 1. The SMILES string of the molecule is O=C(CCc1nc2ccccc2s1)NCCc1cccc(F)c1. The van der Waals surface area contributed by atoms with Gasteiger partial charge in [0.15, 0.2) is 0 Å². The number of fused-ring (bicyclic) bond motifs is 1. The molecule has 2 aromatic carbocycles. The van der Waals surface area contributed by atoms with Crippen LogP contribution in [0.25, 0.3) is 10.2 Å². The highest BCUT2D eigenvalue weighted by molar-refractivity contribution is 7.18. The molecule has 118 valence electrons. The van der Waals surface area contributed by atoms with Crippen molar-refractivity contribution in [3.63, 3.8) is 0 Å². The summed E-state index contributed by atoms with van der Waals surface area (Å²) < 4.78 is 14.2. The quantitative estimate of drug-likeness (QED) is 0.749. The maximum absolute atomic E-state index is 13.1. The summed E-state index contributed by atoms with van der Waals surface area (Å²) in [6.07, 6.45) is 1.69. The van der Waals surface area contributed by atoms with E-state index in [1.54, 1.807) is 17.4 Å². The third-order valence-corrected chi connectivity index (χ3v) is 4.63. The van der Waals surface area contributed by atoms with Gasteiger partial charge in [-0.25, -0.2) is 9.37 Å². The van der Waals surface area contributed by atoms with Gasteiger partial charge in [-0.2, -0.15) is 0 Å². The minimum absolute atomic E-state index is 0.000610. The number of carbonyl (C=O) groups is 1. The second-order valence-electron chi connectivity index (χ2n) is 5.31. The molecule has 0 saturated carbocycles. The lowest BCUT2D eigenvalue weighted by Gasteiger charge is -2.04. The lowest BCUT2D eigenvalue weighted by molar-refractivity contribution is -0.121. The molecule has 1 heterocycles. The highest BCUT2D eigenvalue weighted by atomic mass is 32.1. The van der Waals surface area contributed by atoms with Gasteiger partial charge in [0.1, 0.15) is 5.82 Å². The van der Waals surface area contributed by atoms with Crippen molar-refractivity contribution >= 4 is 27.5 Å². The summed E-state index contributed by atoms with van der Waals surface area (Å²) in [6.45, 7) is 0.516. The van der Waals surface area contributed by atoms with E-state index in [0.29, 0.717) is 25.8 Å². The molecule has 3 aromatic rings. The number of halogens is 1. The number of nitrogens with zero attached hydrogens (tertiary/aromatic N) is 1. The van der Waals surface area contributed by atoms with Crippen molar-refractivity contribution in [1.82, 2.24) is 10.3 Å². The van der Waals surface area contributed by atoms with E-state index in [4.69, 9.17) is 0 Å². The fourth-order valence-electron chi connectivity index (χ4n) is 2.37. The smallest absolute Gasteiger partial charge is 0.220 e. The molecular weight excluding hydrogens is 311 g/mol. The molecule has 0 atom stereocenters. The third kappa shape index (κ3) is 4.36. The van der Waals surface area contributed by atoms with Crippen LogP contribution in [0.15, 0.2) is 48.5 Å². The van der Waals surface area contributed by atoms with Crippen molar-refractivity contribution in [3.05, 3.63) is 64.9 Å². The highest BCUT2D eigenvalue weighted by Crippen LogP contribution is 2.22. The Hall–Kier alpha value is -2.27. The molecule has 0 bridgehead atoms. The average Bonchev–Trinajstić information content (AvgIpc) is 2.96. The van der Waals surface area contributed by atoms with Crippen molar-refractivity contribution in [2.24, 2.45) is 0 Å². The molecule has 0 fully saturated rings. The van der Waals surface area contributed by atoms with Gasteiger partial charge in [-0.15, -0.1) is 11.3 Å². The molecule has 0 aliphatic rings. The summed E-state index contributed by atoms with van der Waals surface area (Å²) in [5, 5.41) is 3.85. The Labute approximate surface area is 138 Å². The van der Waals surface area contributed by atoms with Crippen LogP contribution in [-0.2, 0) is 17.6 Å². The lowest BCUT2D eigenvalue weighted by atomic mass is 10.1. The van der Waals surface area contributed by atoms with Crippen molar-refractivity contribution in [3.8, 4) is 0 Å². The molecule has 5 heteroatoms. The van der Waals surface area contributed by atoms with E-state index in [1.807, 2.05) is 30.3 Å². The number of hydrogen-bond donors (Lipinski definition) is 1. The monoisotopic (exact) mass is 328 g/mol. The molecule has 0 aliphatic carbocycles. The molecule has 23 heavy (non-hydrogen) atoms. The van der Waals surface area contributed by atoms with Crippen LogP contribution >= 0.6 is 11.3 Å². The molecule has 1 aromatic heterocycles. The zero-order chi connectivity index (χ0) is 16.1. The molecule has 0 saturated heterocycles. The van der Waals surface area contributed by atoms with Crippen LogP contribution in [0.3, 0.4) is 0 Å². The lowest BCUT2D eigenvalue weighted by Crippen LogP contribution is -2.25. The number of aryl methyl sites for hydroxylation is 1. The Balaban J connectivity index is 1.44. The third-order valence-electron chi connectivity index (χ3n) is 3.53. The van der Waals surface area contributed by atoms with E-state index in [9.17, 15) is 9.18 Å². The topological polar surface area (TPSA) is 42.0 Å². The molecule has 0 unspecified atom stereocenters. The van der Waals surface area contributed by atoms with Gasteiger partial charge in [0.05, 0.1) is 15.2 Å². The molecule has 1 amide bonds. The zero-order valence-corrected chi connectivity index (χ0v) is 13.4. The number of thiazole rings is 1. The Morgan fingerprint density at radius 1 is 1.13 bits per heavy atom. The molecule has 0 spiro atoms. The van der Waals surface area contributed by atoms with E-state index >= 15 is 0 Å². The fraction of sp³-hybridized carbons (Fsp3) is 0.222. The first kappa shape index (κ1) is 15.6. The predicted molar refractivity (Wildman–Crippen MR) is 91.1 cm³/mol. The molecule has 1 N–H and O–H groups in total. The summed E-state index contributed by atoms with van der Waals surface area (Å²) in [4.78, 5) is 16.4. The Morgan fingerprint density at radius 2 is 2.00 bits per heavy atom. The van der Waals surface area contributed by atoms with Gasteiger partial charge in [-0.1, -0.05) is 24.3 Å². The van der Waals surface area contributed by atoms with Crippen molar-refractivity contribution in [2.75, 3.05) is 6.54 Å². The van der Waals surface area contributed by atoms with Crippen LogP contribution in [0.5, 0.6) is 0 Å². The summed E-state index contributed by atoms with van der Waals surface area (Å²) in [5.41, 5.74) is 1.87. The van der Waals surface area contributed by atoms with Crippen LogP contribution in [0, 0.1) is 5.82 Å². The molecule has 0 radical (unpaired) electrons. The highest BCUT2D eigenvalue weighted by Gasteiger charge is 2.06. The van der Waals surface area contributed by atoms with Crippen molar-refractivity contribution < 1.29 is 9.18 Å². The van der Waals surface area contributed by atoms with Gasteiger partial charge < -0.3 is 5.32 Å². The van der Waals surface area contributed by atoms with Gasteiger partial charge in [0, 0.05) is 19.4 Å². The number of rotatable bonds is 6. The van der Waals surface area contributed by atoms with E-state index in [-0.39, 0.29) is 11.7 Å². The summed E-state index contributed by atoms with van der Waals surface area (Å²) in [6, 6.07) is 14.4. The first-order valence-electron chi connectivity index (χ1n) is 7.56. The fourth-order valence-corrected chi connectivity index (χ4v) is 3.34. The normalized spacial score (nSPS) is 10.8. The number of aromatic nitrogens is 1. The summed E-state index contributed by atoms with van der Waals surface area (Å²) >= 11 is 1.63. The van der Waals surface area contributed by atoms with Crippen LogP contribution in [0.4, 0.5) is 4.39 Å². The zero-order valence-electron chi connectivity index (χ0n) is 12.6. The van der Waals surface area contributed by atoms with Crippen molar-refractivity contribution in [2.45, 2.75) is 19.3 Å². The van der Waals surface area contributed by atoms with Gasteiger partial charge >= 0.3 is 0 Å². The maximum atomic E-state index is 13.1. The molecule has 3 nitrogen and oxygen atoms in total. The summed E-state index contributed by atoms with van der Waals surface area (Å²) in [7, 11) is 0. The predicted octanol–water partition coefficient (Wildman–Crippen LogP) is 3.73. The number of para-hydroxylation sites is 1. The van der Waals surface area contributed by atoms with E-state index in [2.05, 4.69) is 10.3 Å². The Kier molecular flexibility index (Phi) is 4.98.